The van der Waals surface area contributed by atoms with Crippen LogP contribution in [-0.4, -0.2) is 79.2 Å². The van der Waals surface area contributed by atoms with Crippen molar-refractivity contribution in [2.45, 2.75) is 49.3 Å². The summed E-state index contributed by atoms with van der Waals surface area (Å²) in [6, 6.07) is 8.77. The predicted molar refractivity (Wildman–Crippen MR) is 104 cm³/mol. The minimum Gasteiger partial charge on any atom is -0.508 e. The third-order valence-electron chi connectivity index (χ3n) is 5.48. The highest BCUT2D eigenvalue weighted by Gasteiger charge is 2.45. The number of aliphatic hydroxyl groups is 5. The first-order chi connectivity index (χ1) is 14.8. The van der Waals surface area contributed by atoms with Crippen molar-refractivity contribution in [3.63, 3.8) is 0 Å². The highest BCUT2D eigenvalue weighted by molar-refractivity contribution is 5.52. The molecule has 0 radical (unpaired) electrons. The molecule has 0 bridgehead atoms. The zero-order valence-electron chi connectivity index (χ0n) is 16.3. The van der Waals surface area contributed by atoms with Crippen LogP contribution in [0.3, 0.4) is 0 Å². The molecule has 10 heteroatoms. The topological polar surface area (TPSA) is 169 Å². The molecular formula is C21H24O10. The van der Waals surface area contributed by atoms with Crippen LogP contribution in [0.4, 0.5) is 0 Å². The SMILES string of the molecule is OC[C@H]1O[C@H](Oc2cc(O)cc3c2C[C@@H](O)[C@@H](c2ccc(O)cc2)O3)[C@H](O)[C@H](O)[C@H]1O. The molecule has 2 heterocycles. The maximum absolute atomic E-state index is 10.7. The molecule has 0 saturated carbocycles. The Morgan fingerprint density at radius 2 is 1.61 bits per heavy atom. The maximum atomic E-state index is 10.7. The number of phenols is 2. The molecular weight excluding hydrogens is 412 g/mol. The van der Waals surface area contributed by atoms with Gasteiger partial charge in [0.1, 0.15) is 53.5 Å². The van der Waals surface area contributed by atoms with Gasteiger partial charge in [-0.05, 0) is 17.7 Å². The van der Waals surface area contributed by atoms with E-state index in [1.807, 2.05) is 0 Å². The number of hydrogen-bond acceptors (Lipinski definition) is 10. The van der Waals surface area contributed by atoms with Crippen LogP contribution < -0.4 is 9.47 Å². The lowest BCUT2D eigenvalue weighted by Gasteiger charge is -2.40. The number of hydrogen-bond donors (Lipinski definition) is 7. The molecule has 31 heavy (non-hydrogen) atoms. The average Bonchev–Trinajstić information content (AvgIpc) is 2.75. The summed E-state index contributed by atoms with van der Waals surface area (Å²) >= 11 is 0. The molecule has 10 nitrogen and oxygen atoms in total. The van der Waals surface area contributed by atoms with Crippen molar-refractivity contribution in [3.05, 3.63) is 47.5 Å². The Hall–Kier alpha value is -2.60. The molecule has 0 aliphatic carbocycles. The molecule has 7 N–H and O–H groups in total. The number of rotatable bonds is 4. The predicted octanol–water partition coefficient (Wildman–Crippen LogP) is -0.686. The summed E-state index contributed by atoms with van der Waals surface area (Å²) in [7, 11) is 0. The molecule has 2 aromatic rings. The summed E-state index contributed by atoms with van der Waals surface area (Å²) in [6.07, 6.45) is -9.05. The monoisotopic (exact) mass is 436 g/mol. The van der Waals surface area contributed by atoms with Crippen molar-refractivity contribution in [2.24, 2.45) is 0 Å². The molecule has 0 amide bonds. The Bertz CT molecular complexity index is 915. The van der Waals surface area contributed by atoms with Crippen molar-refractivity contribution in [1.82, 2.24) is 0 Å². The Morgan fingerprint density at radius 1 is 0.903 bits per heavy atom. The standard InChI is InChI=1S/C21H24O10/c22-8-16-17(26)18(27)19(28)21(31-16)30-15-6-11(24)5-14-12(15)7-13(25)20(29-14)9-1-3-10(23)4-2-9/h1-6,13,16-28H,7-8H2/t13-,16-,17+,18-,19-,20-,21+/m1/s1. The third kappa shape index (κ3) is 4.13. The first-order valence-corrected chi connectivity index (χ1v) is 9.75. The smallest absolute Gasteiger partial charge is 0.229 e. The van der Waals surface area contributed by atoms with E-state index in [2.05, 4.69) is 0 Å². The first-order valence-electron chi connectivity index (χ1n) is 9.75. The average molecular weight is 436 g/mol. The van der Waals surface area contributed by atoms with Gasteiger partial charge < -0.3 is 50.0 Å². The van der Waals surface area contributed by atoms with E-state index in [1.54, 1.807) is 12.1 Å². The van der Waals surface area contributed by atoms with Crippen LogP contribution in [0.5, 0.6) is 23.0 Å². The largest absolute Gasteiger partial charge is 0.508 e. The van der Waals surface area contributed by atoms with Crippen LogP contribution in [0.1, 0.15) is 17.2 Å². The molecule has 1 saturated heterocycles. The van der Waals surface area contributed by atoms with Gasteiger partial charge in [0.25, 0.3) is 0 Å². The van der Waals surface area contributed by atoms with Crippen molar-refractivity contribution < 1.29 is 50.0 Å². The maximum Gasteiger partial charge on any atom is 0.229 e. The normalized spacial score (nSPS) is 32.7. The van der Waals surface area contributed by atoms with Crippen molar-refractivity contribution in [1.29, 1.82) is 0 Å². The van der Waals surface area contributed by atoms with Crippen LogP contribution in [0.15, 0.2) is 36.4 Å². The zero-order chi connectivity index (χ0) is 22.3. The van der Waals surface area contributed by atoms with Crippen molar-refractivity contribution >= 4 is 0 Å². The molecule has 0 unspecified atom stereocenters. The van der Waals surface area contributed by atoms with Crippen LogP contribution in [0, 0.1) is 0 Å². The Kier molecular flexibility index (Phi) is 5.93. The fourth-order valence-corrected chi connectivity index (χ4v) is 3.79. The Morgan fingerprint density at radius 3 is 2.29 bits per heavy atom. The minimum atomic E-state index is -1.63. The summed E-state index contributed by atoms with van der Waals surface area (Å²) in [4.78, 5) is 0. The number of aliphatic hydroxyl groups excluding tert-OH is 5. The van der Waals surface area contributed by atoms with Gasteiger partial charge in [0.05, 0.1) is 12.7 Å². The molecule has 7 atom stereocenters. The molecule has 2 aliphatic rings. The van der Waals surface area contributed by atoms with Gasteiger partial charge in [0.2, 0.25) is 6.29 Å². The van der Waals surface area contributed by atoms with E-state index in [1.165, 1.54) is 24.3 Å². The second-order valence-electron chi connectivity index (χ2n) is 7.64. The summed E-state index contributed by atoms with van der Waals surface area (Å²) < 4.78 is 16.9. The quantitative estimate of drug-likeness (QED) is 0.326. The van der Waals surface area contributed by atoms with Crippen LogP contribution in [0.2, 0.25) is 0 Å². The zero-order valence-corrected chi connectivity index (χ0v) is 16.3. The molecule has 0 spiro atoms. The van der Waals surface area contributed by atoms with Crippen LogP contribution in [0.25, 0.3) is 0 Å². The number of phenolic OH excluding ortho intramolecular Hbond substituents is 2. The van der Waals surface area contributed by atoms with Gasteiger partial charge in [0, 0.05) is 24.1 Å². The van der Waals surface area contributed by atoms with Crippen molar-refractivity contribution in [2.75, 3.05) is 6.61 Å². The minimum absolute atomic E-state index is 0.0440. The van der Waals surface area contributed by atoms with E-state index >= 15 is 0 Å². The molecule has 4 rings (SSSR count). The van der Waals surface area contributed by atoms with E-state index in [0.29, 0.717) is 11.1 Å². The van der Waals surface area contributed by atoms with E-state index in [9.17, 15) is 35.7 Å². The summed E-state index contributed by atoms with van der Waals surface area (Å²) in [5, 5.41) is 69.7. The summed E-state index contributed by atoms with van der Waals surface area (Å²) in [5.41, 5.74) is 1.02. The van der Waals surface area contributed by atoms with Gasteiger partial charge in [-0.25, -0.2) is 0 Å². The first kappa shape index (κ1) is 21.6. The Labute approximate surface area is 177 Å². The number of ether oxygens (including phenoxy) is 3. The van der Waals surface area contributed by atoms with Gasteiger partial charge >= 0.3 is 0 Å². The van der Waals surface area contributed by atoms with E-state index in [-0.39, 0.29) is 29.4 Å². The van der Waals surface area contributed by atoms with Gasteiger partial charge in [-0.1, -0.05) is 12.1 Å². The van der Waals surface area contributed by atoms with E-state index in [0.717, 1.165) is 0 Å². The van der Waals surface area contributed by atoms with Gasteiger partial charge in [-0.15, -0.1) is 0 Å². The lowest BCUT2D eigenvalue weighted by Crippen LogP contribution is -2.60. The molecule has 1 fully saturated rings. The second-order valence-corrected chi connectivity index (χ2v) is 7.64. The van der Waals surface area contributed by atoms with Crippen molar-refractivity contribution in [3.8, 4) is 23.0 Å². The molecule has 2 aliphatic heterocycles. The van der Waals surface area contributed by atoms with Gasteiger partial charge in [0.15, 0.2) is 0 Å². The summed E-state index contributed by atoms with van der Waals surface area (Å²) in [6.45, 7) is -0.612. The molecule has 0 aromatic heterocycles. The van der Waals surface area contributed by atoms with E-state index < -0.39 is 49.5 Å². The highest BCUT2D eigenvalue weighted by Crippen LogP contribution is 2.43. The Balaban J connectivity index is 1.61. The number of benzene rings is 2. The fourth-order valence-electron chi connectivity index (χ4n) is 3.79. The van der Waals surface area contributed by atoms with Gasteiger partial charge in [-0.2, -0.15) is 0 Å². The van der Waals surface area contributed by atoms with Crippen LogP contribution in [-0.2, 0) is 11.2 Å². The number of fused-ring (bicyclic) bond motifs is 1. The summed E-state index contributed by atoms with van der Waals surface area (Å²) in [5.74, 6) is 0.145. The molecule has 2 aromatic carbocycles. The molecule has 168 valence electrons. The lowest BCUT2D eigenvalue weighted by atomic mass is 9.94. The highest BCUT2D eigenvalue weighted by atomic mass is 16.7. The van der Waals surface area contributed by atoms with Crippen LogP contribution >= 0.6 is 0 Å². The fraction of sp³-hybridized carbons (Fsp3) is 0.429. The second kappa shape index (κ2) is 8.50. The number of aromatic hydroxyl groups is 2. The lowest BCUT2D eigenvalue weighted by molar-refractivity contribution is -0.277. The van der Waals surface area contributed by atoms with E-state index in [4.69, 9.17) is 14.2 Å². The van der Waals surface area contributed by atoms with Gasteiger partial charge in [-0.3, -0.25) is 0 Å². The third-order valence-corrected chi connectivity index (χ3v) is 5.48.